The van der Waals surface area contributed by atoms with Crippen molar-refractivity contribution < 1.29 is 14.3 Å². The van der Waals surface area contributed by atoms with Crippen molar-refractivity contribution in [2.75, 3.05) is 33.1 Å². The lowest BCUT2D eigenvalue weighted by molar-refractivity contribution is 0.156. The van der Waals surface area contributed by atoms with Gasteiger partial charge in [-0.1, -0.05) is 17.7 Å². The fourth-order valence-corrected chi connectivity index (χ4v) is 5.65. The van der Waals surface area contributed by atoms with E-state index < -0.39 is 0 Å². The van der Waals surface area contributed by atoms with Crippen LogP contribution < -0.4 is 20.1 Å². The van der Waals surface area contributed by atoms with Gasteiger partial charge >= 0.3 is 6.03 Å². The van der Waals surface area contributed by atoms with Crippen molar-refractivity contribution in [1.82, 2.24) is 10.2 Å². The number of carbonyl (C=O) groups excluding carboxylic acids is 1. The molecule has 4 rings (SSSR count). The minimum absolute atomic E-state index is 0.0314. The van der Waals surface area contributed by atoms with Crippen molar-refractivity contribution in [3.63, 3.8) is 0 Å². The maximum atomic E-state index is 12.6. The first-order valence-corrected chi connectivity index (χ1v) is 11.5. The highest BCUT2D eigenvalue weighted by atomic mass is 35.5. The molecule has 0 aromatic heterocycles. The van der Waals surface area contributed by atoms with E-state index in [9.17, 15) is 4.79 Å². The van der Waals surface area contributed by atoms with Gasteiger partial charge < -0.3 is 25.0 Å². The second kappa shape index (κ2) is 9.50. The molecule has 8 heteroatoms. The fourth-order valence-electron chi connectivity index (χ4n) is 5.43. The first-order valence-electron chi connectivity index (χ1n) is 11.1. The smallest absolute Gasteiger partial charge is 0.319 e. The molecular weight excluding hydrogens is 440 g/mol. The van der Waals surface area contributed by atoms with Crippen LogP contribution in [0.4, 0.5) is 10.5 Å². The number of anilines is 1. The van der Waals surface area contributed by atoms with Gasteiger partial charge in [0.2, 0.25) is 0 Å². The van der Waals surface area contributed by atoms with Crippen molar-refractivity contribution in [1.29, 1.82) is 5.26 Å². The Hall–Kier alpha value is -2.95. The number of rotatable bonds is 5. The van der Waals surface area contributed by atoms with E-state index in [0.717, 1.165) is 43.7 Å². The van der Waals surface area contributed by atoms with E-state index in [1.54, 1.807) is 32.4 Å². The van der Waals surface area contributed by atoms with Gasteiger partial charge in [-0.15, -0.1) is 0 Å². The van der Waals surface area contributed by atoms with Crippen LogP contribution in [0.2, 0.25) is 5.02 Å². The number of amides is 2. The van der Waals surface area contributed by atoms with Crippen LogP contribution in [0, 0.1) is 11.3 Å². The number of fused-ring (bicyclic) bond motifs is 1. The molecule has 1 heterocycles. The molecule has 2 N–H and O–H groups in total. The summed E-state index contributed by atoms with van der Waals surface area (Å²) in [5.41, 5.74) is 2.24. The highest BCUT2D eigenvalue weighted by molar-refractivity contribution is 6.32. The number of urea groups is 1. The standard InChI is InChI=1S/C25H29ClN4O3/c1-30-11-10-25(17-5-7-21(32-2)22(12-17)33-3)9-8-19(14-23(25)30)29-24(31)28-18-6-4-16(15-27)20(26)13-18/h4-7,12-13,19,23H,8-11,14H2,1-3H3,(H2,28,29,31)/t19-,23+,25+/m1/s1. The molecule has 2 aromatic carbocycles. The van der Waals surface area contributed by atoms with Crippen LogP contribution in [0.5, 0.6) is 11.5 Å². The van der Waals surface area contributed by atoms with Gasteiger partial charge in [-0.05, 0) is 75.2 Å². The van der Waals surface area contributed by atoms with Gasteiger partial charge in [-0.2, -0.15) is 5.26 Å². The largest absolute Gasteiger partial charge is 0.493 e. The second-order valence-electron chi connectivity index (χ2n) is 8.85. The van der Waals surface area contributed by atoms with Crippen molar-refractivity contribution in [3.8, 4) is 17.6 Å². The Kier molecular flexibility index (Phi) is 6.68. The van der Waals surface area contributed by atoms with Crippen LogP contribution in [0.1, 0.15) is 36.8 Å². The number of hydrogen-bond acceptors (Lipinski definition) is 5. The van der Waals surface area contributed by atoms with Crippen LogP contribution in [-0.4, -0.2) is 50.8 Å². The number of likely N-dealkylation sites (N-methyl/N-ethyl adjacent to an activating group) is 1. The lowest BCUT2D eigenvalue weighted by Gasteiger charge is -2.45. The van der Waals surface area contributed by atoms with E-state index in [2.05, 4.69) is 34.7 Å². The van der Waals surface area contributed by atoms with Crippen LogP contribution in [0.25, 0.3) is 0 Å². The number of hydrogen-bond donors (Lipinski definition) is 2. The summed E-state index contributed by atoms with van der Waals surface area (Å²) in [6, 6.07) is 13.3. The molecule has 3 atom stereocenters. The molecule has 174 valence electrons. The van der Waals surface area contributed by atoms with Gasteiger partial charge in [-0.3, -0.25) is 0 Å². The van der Waals surface area contributed by atoms with Crippen LogP contribution in [0.3, 0.4) is 0 Å². The molecule has 2 aromatic rings. The quantitative estimate of drug-likeness (QED) is 0.672. The molecule has 2 amide bonds. The van der Waals surface area contributed by atoms with E-state index >= 15 is 0 Å². The molecule has 0 unspecified atom stereocenters. The number of nitriles is 1. The van der Waals surface area contributed by atoms with Crippen LogP contribution >= 0.6 is 11.6 Å². The molecule has 2 fully saturated rings. The summed E-state index contributed by atoms with van der Waals surface area (Å²) in [5, 5.41) is 15.3. The summed E-state index contributed by atoms with van der Waals surface area (Å²) in [6.45, 7) is 1.02. The normalized spacial score (nSPS) is 24.5. The number of benzene rings is 2. The van der Waals surface area contributed by atoms with Crippen molar-refractivity contribution >= 4 is 23.3 Å². The number of carbonyl (C=O) groups is 1. The SMILES string of the molecule is COc1ccc([C@@]23CC[C@@H](NC(=O)Nc4ccc(C#N)c(Cl)c4)C[C@@H]2N(C)CC3)cc1OC. The summed E-state index contributed by atoms with van der Waals surface area (Å²) in [7, 11) is 5.47. The van der Waals surface area contributed by atoms with E-state index in [1.807, 2.05) is 12.1 Å². The highest BCUT2D eigenvalue weighted by Crippen LogP contribution is 2.49. The molecule has 1 saturated carbocycles. The number of nitrogens with zero attached hydrogens (tertiary/aromatic N) is 2. The minimum atomic E-state index is -0.264. The molecule has 0 spiro atoms. The summed E-state index contributed by atoms with van der Waals surface area (Å²) < 4.78 is 11.0. The average Bonchev–Trinajstić information content (AvgIpc) is 3.15. The summed E-state index contributed by atoms with van der Waals surface area (Å²) in [4.78, 5) is 15.1. The number of methoxy groups -OCH3 is 2. The molecule has 1 saturated heterocycles. The monoisotopic (exact) mass is 468 g/mol. The van der Waals surface area contributed by atoms with Gasteiger partial charge in [0.15, 0.2) is 11.5 Å². The predicted octanol–water partition coefficient (Wildman–Crippen LogP) is 4.54. The molecule has 0 bridgehead atoms. The van der Waals surface area contributed by atoms with Crippen LogP contribution in [-0.2, 0) is 5.41 Å². The van der Waals surface area contributed by atoms with Gasteiger partial charge in [-0.25, -0.2) is 4.79 Å². The molecule has 7 nitrogen and oxygen atoms in total. The summed E-state index contributed by atoms with van der Waals surface area (Å²) in [6.07, 6.45) is 3.81. The van der Waals surface area contributed by atoms with E-state index in [-0.39, 0.29) is 17.5 Å². The zero-order valence-corrected chi connectivity index (χ0v) is 19.9. The Labute approximate surface area is 199 Å². The number of likely N-dealkylation sites (tertiary alicyclic amines) is 1. The van der Waals surface area contributed by atoms with Crippen molar-refractivity contribution in [2.24, 2.45) is 0 Å². The molecule has 33 heavy (non-hydrogen) atoms. The Morgan fingerprint density at radius 1 is 1.18 bits per heavy atom. The van der Waals surface area contributed by atoms with Gasteiger partial charge in [0.1, 0.15) is 6.07 Å². The third kappa shape index (κ3) is 4.46. The third-order valence-electron chi connectivity index (χ3n) is 7.17. The summed E-state index contributed by atoms with van der Waals surface area (Å²) >= 11 is 6.08. The average molecular weight is 469 g/mol. The lowest BCUT2D eigenvalue weighted by Crippen LogP contribution is -2.52. The van der Waals surface area contributed by atoms with Gasteiger partial charge in [0, 0.05) is 23.2 Å². The Bertz CT molecular complexity index is 1090. The first-order chi connectivity index (χ1) is 15.9. The van der Waals surface area contributed by atoms with Gasteiger partial charge in [0.05, 0.1) is 24.8 Å². The fraction of sp³-hybridized carbons (Fsp3) is 0.440. The maximum Gasteiger partial charge on any atom is 0.319 e. The predicted molar refractivity (Wildman–Crippen MR) is 128 cm³/mol. The Morgan fingerprint density at radius 3 is 2.67 bits per heavy atom. The van der Waals surface area contributed by atoms with Crippen LogP contribution in [0.15, 0.2) is 36.4 Å². The molecule has 0 radical (unpaired) electrons. The molecular formula is C25H29ClN4O3. The highest BCUT2D eigenvalue weighted by Gasteiger charge is 2.50. The Balaban J connectivity index is 1.46. The lowest BCUT2D eigenvalue weighted by atomic mass is 9.65. The number of nitrogens with one attached hydrogen (secondary N) is 2. The third-order valence-corrected chi connectivity index (χ3v) is 7.48. The van der Waals surface area contributed by atoms with E-state index in [1.165, 1.54) is 5.56 Å². The van der Waals surface area contributed by atoms with E-state index in [0.29, 0.717) is 22.3 Å². The second-order valence-corrected chi connectivity index (χ2v) is 9.26. The van der Waals surface area contributed by atoms with Crippen molar-refractivity contribution in [2.45, 2.75) is 43.2 Å². The molecule has 1 aliphatic heterocycles. The Morgan fingerprint density at radius 2 is 1.97 bits per heavy atom. The summed E-state index contributed by atoms with van der Waals surface area (Å²) in [5.74, 6) is 1.48. The maximum absolute atomic E-state index is 12.6. The number of ether oxygens (including phenoxy) is 2. The topological polar surface area (TPSA) is 86.6 Å². The number of halogens is 1. The van der Waals surface area contributed by atoms with E-state index in [4.69, 9.17) is 26.3 Å². The first kappa shape index (κ1) is 23.2. The molecule has 1 aliphatic carbocycles. The van der Waals surface area contributed by atoms with Crippen molar-refractivity contribution in [3.05, 3.63) is 52.5 Å². The zero-order valence-electron chi connectivity index (χ0n) is 19.2. The molecule has 2 aliphatic rings. The minimum Gasteiger partial charge on any atom is -0.493 e. The zero-order chi connectivity index (χ0) is 23.6. The van der Waals surface area contributed by atoms with Gasteiger partial charge in [0.25, 0.3) is 0 Å².